The Kier molecular flexibility index (Phi) is 2.96. The Morgan fingerprint density at radius 2 is 1.96 bits per heavy atom. The molecule has 116 valence electrons. The number of hydrogen-bond donors (Lipinski definition) is 0. The van der Waals surface area contributed by atoms with Crippen LogP contribution in [0.25, 0.3) is 27.8 Å². The van der Waals surface area contributed by atoms with E-state index in [1.165, 1.54) is 0 Å². The van der Waals surface area contributed by atoms with E-state index < -0.39 is 0 Å². The maximum Gasteiger partial charge on any atom is 0.334 e. The summed E-state index contributed by atoms with van der Waals surface area (Å²) >= 11 is 3.50. The highest BCUT2D eigenvalue weighted by Crippen LogP contribution is 2.27. The zero-order valence-corrected chi connectivity index (χ0v) is 14.5. The number of imidazole rings is 1. The van der Waals surface area contributed by atoms with Crippen LogP contribution in [0.3, 0.4) is 0 Å². The summed E-state index contributed by atoms with van der Waals surface area (Å²) in [5.74, 6) is 0.741. The molecule has 0 aliphatic rings. The molecule has 4 rings (SSSR count). The fourth-order valence-corrected chi connectivity index (χ4v) is 3.35. The molecule has 4 aromatic rings. The Hall–Kier alpha value is -2.41. The molecular weight excluding hydrogens is 358 g/mol. The number of aryl methyl sites for hydroxylation is 3. The predicted molar refractivity (Wildman–Crippen MR) is 93.0 cm³/mol. The van der Waals surface area contributed by atoms with E-state index in [2.05, 4.69) is 26.0 Å². The molecule has 0 saturated heterocycles. The number of rotatable bonds is 1. The number of aromatic nitrogens is 5. The van der Waals surface area contributed by atoms with Gasteiger partial charge in [0.05, 0.1) is 28.4 Å². The minimum Gasteiger partial charge on any atom is -0.293 e. The van der Waals surface area contributed by atoms with Crippen molar-refractivity contribution in [1.82, 2.24) is 23.9 Å². The molecule has 0 radical (unpaired) electrons. The van der Waals surface area contributed by atoms with Gasteiger partial charge in [-0.25, -0.2) is 9.36 Å². The molecule has 6 nitrogen and oxygen atoms in total. The lowest BCUT2D eigenvalue weighted by molar-refractivity contribution is 0.711. The van der Waals surface area contributed by atoms with Gasteiger partial charge in [0.15, 0.2) is 0 Å². The molecule has 0 aliphatic carbocycles. The van der Waals surface area contributed by atoms with Crippen LogP contribution in [0.15, 0.2) is 39.7 Å². The quantitative estimate of drug-likeness (QED) is 0.516. The van der Waals surface area contributed by atoms with Gasteiger partial charge in [0, 0.05) is 30.0 Å². The van der Waals surface area contributed by atoms with Crippen LogP contribution in [0.2, 0.25) is 0 Å². The molecule has 0 fully saturated rings. The summed E-state index contributed by atoms with van der Waals surface area (Å²) in [6.07, 6.45) is 1.74. The fraction of sp³-hybridized carbons (Fsp3) is 0.188. The fourth-order valence-electron chi connectivity index (χ4n) is 2.99. The zero-order chi connectivity index (χ0) is 16.3. The van der Waals surface area contributed by atoms with E-state index in [1.54, 1.807) is 27.1 Å². The van der Waals surface area contributed by atoms with Gasteiger partial charge in [-0.1, -0.05) is 15.9 Å². The first-order valence-corrected chi connectivity index (χ1v) is 7.93. The summed E-state index contributed by atoms with van der Waals surface area (Å²) in [6.45, 7) is 1.91. The van der Waals surface area contributed by atoms with Gasteiger partial charge in [-0.2, -0.15) is 5.10 Å². The van der Waals surface area contributed by atoms with Crippen LogP contribution in [-0.4, -0.2) is 23.9 Å². The second-order valence-electron chi connectivity index (χ2n) is 5.60. The third kappa shape index (κ3) is 1.96. The molecule has 0 spiro atoms. The SMILES string of the molecule is Cc1cc(-n2c(=O)n(C)c3cnc4ccc(Br)cc4c32)n(C)n1. The van der Waals surface area contributed by atoms with Crippen molar-refractivity contribution in [3.05, 3.63) is 51.1 Å². The van der Waals surface area contributed by atoms with E-state index in [4.69, 9.17) is 0 Å². The lowest BCUT2D eigenvalue weighted by atomic mass is 10.2. The average molecular weight is 372 g/mol. The molecule has 7 heteroatoms. The van der Waals surface area contributed by atoms with E-state index in [9.17, 15) is 4.79 Å². The molecule has 0 aliphatic heterocycles. The maximum atomic E-state index is 12.8. The third-order valence-corrected chi connectivity index (χ3v) is 4.55. The van der Waals surface area contributed by atoms with Crippen LogP contribution >= 0.6 is 15.9 Å². The summed E-state index contributed by atoms with van der Waals surface area (Å²) in [5, 5.41) is 5.29. The minimum atomic E-state index is -0.114. The summed E-state index contributed by atoms with van der Waals surface area (Å²) in [7, 11) is 3.60. The molecular formula is C16H14BrN5O. The Labute approximate surface area is 140 Å². The van der Waals surface area contributed by atoms with E-state index in [0.29, 0.717) is 0 Å². The largest absolute Gasteiger partial charge is 0.334 e. The van der Waals surface area contributed by atoms with Crippen molar-refractivity contribution in [3.8, 4) is 5.82 Å². The van der Waals surface area contributed by atoms with Crippen molar-refractivity contribution in [2.75, 3.05) is 0 Å². The van der Waals surface area contributed by atoms with Crippen LogP contribution < -0.4 is 5.69 Å². The van der Waals surface area contributed by atoms with Gasteiger partial charge in [-0.15, -0.1) is 0 Å². The van der Waals surface area contributed by atoms with Gasteiger partial charge in [0.1, 0.15) is 5.82 Å². The van der Waals surface area contributed by atoms with E-state index >= 15 is 0 Å². The van der Waals surface area contributed by atoms with Crippen molar-refractivity contribution in [1.29, 1.82) is 0 Å². The van der Waals surface area contributed by atoms with Crippen LogP contribution in [-0.2, 0) is 14.1 Å². The molecule has 0 saturated carbocycles. The van der Waals surface area contributed by atoms with Crippen molar-refractivity contribution in [3.63, 3.8) is 0 Å². The first-order chi connectivity index (χ1) is 11.0. The second kappa shape index (κ2) is 4.79. The number of pyridine rings is 1. The second-order valence-corrected chi connectivity index (χ2v) is 6.51. The molecule has 1 aromatic carbocycles. The first-order valence-electron chi connectivity index (χ1n) is 7.14. The van der Waals surface area contributed by atoms with E-state index in [-0.39, 0.29) is 5.69 Å². The van der Waals surface area contributed by atoms with Gasteiger partial charge in [-0.05, 0) is 25.1 Å². The summed E-state index contributed by atoms with van der Waals surface area (Å²) in [4.78, 5) is 17.3. The maximum absolute atomic E-state index is 12.8. The summed E-state index contributed by atoms with van der Waals surface area (Å²) < 4.78 is 5.99. The lowest BCUT2D eigenvalue weighted by Crippen LogP contribution is -2.22. The zero-order valence-electron chi connectivity index (χ0n) is 12.9. The Morgan fingerprint density at radius 3 is 2.65 bits per heavy atom. The smallest absolute Gasteiger partial charge is 0.293 e. The van der Waals surface area contributed by atoms with Crippen LogP contribution in [0.4, 0.5) is 0 Å². The number of halogens is 1. The van der Waals surface area contributed by atoms with Gasteiger partial charge in [0.2, 0.25) is 0 Å². The topological polar surface area (TPSA) is 57.6 Å². The average Bonchev–Trinajstić information content (AvgIpc) is 2.97. The van der Waals surface area contributed by atoms with Gasteiger partial charge in [0.25, 0.3) is 0 Å². The highest BCUT2D eigenvalue weighted by molar-refractivity contribution is 9.10. The standard InChI is InChI=1S/C16H14BrN5O/c1-9-6-14(21(3)19-9)22-15-11-7-10(17)4-5-12(11)18-8-13(15)20(2)16(22)23/h4-8H,1-3H3. The normalized spacial score (nSPS) is 11.7. The minimum absolute atomic E-state index is 0.114. The number of fused-ring (bicyclic) bond motifs is 3. The van der Waals surface area contributed by atoms with E-state index in [0.717, 1.165) is 37.9 Å². The van der Waals surface area contributed by atoms with Gasteiger partial charge in [-0.3, -0.25) is 14.2 Å². The highest BCUT2D eigenvalue weighted by Gasteiger charge is 2.18. The highest BCUT2D eigenvalue weighted by atomic mass is 79.9. The van der Waals surface area contributed by atoms with Gasteiger partial charge < -0.3 is 0 Å². The van der Waals surface area contributed by atoms with Crippen molar-refractivity contribution >= 4 is 37.9 Å². The monoisotopic (exact) mass is 371 g/mol. The van der Waals surface area contributed by atoms with Crippen molar-refractivity contribution < 1.29 is 0 Å². The molecule has 0 unspecified atom stereocenters. The Bertz CT molecular complexity index is 1130. The molecule has 0 atom stereocenters. The molecule has 23 heavy (non-hydrogen) atoms. The van der Waals surface area contributed by atoms with Crippen LogP contribution in [0.1, 0.15) is 5.69 Å². The lowest BCUT2D eigenvalue weighted by Gasteiger charge is -2.06. The first kappa shape index (κ1) is 14.2. The van der Waals surface area contributed by atoms with Crippen molar-refractivity contribution in [2.45, 2.75) is 6.92 Å². The summed E-state index contributed by atoms with van der Waals surface area (Å²) in [6, 6.07) is 7.78. The number of nitrogens with zero attached hydrogens (tertiary/aromatic N) is 5. The molecule has 0 bridgehead atoms. The summed E-state index contributed by atoms with van der Waals surface area (Å²) in [5.41, 5.74) is 3.23. The van der Waals surface area contributed by atoms with Crippen LogP contribution in [0.5, 0.6) is 0 Å². The number of hydrogen-bond acceptors (Lipinski definition) is 3. The Balaban J connectivity index is 2.27. The third-order valence-electron chi connectivity index (χ3n) is 4.05. The predicted octanol–water partition coefficient (Wildman–Crippen LogP) is 2.68. The van der Waals surface area contributed by atoms with Crippen LogP contribution in [0, 0.1) is 6.92 Å². The molecule has 0 amide bonds. The Morgan fingerprint density at radius 1 is 1.17 bits per heavy atom. The molecule has 0 N–H and O–H groups in total. The molecule has 3 aromatic heterocycles. The molecule has 3 heterocycles. The van der Waals surface area contributed by atoms with E-state index in [1.807, 2.05) is 38.2 Å². The van der Waals surface area contributed by atoms with Gasteiger partial charge >= 0.3 is 5.69 Å². The van der Waals surface area contributed by atoms with Crippen molar-refractivity contribution in [2.24, 2.45) is 14.1 Å². The number of benzene rings is 1.